The standard InChI is InChI=1S/C18H20N6O3/c1-12-7-19-17(20-12)10-23(2)18(25)14-9-24(22-21-14)8-13-11-26-15-5-3-4-6-16(15)27-13/h3-7,9,13H,8,10-11H2,1-2H3,(H,19,20)/t13-/m1/s1. The fraction of sp³-hybridized carbons (Fsp3) is 0.333. The van der Waals surface area contributed by atoms with Crippen molar-refractivity contribution in [3.8, 4) is 11.5 Å². The van der Waals surface area contributed by atoms with Gasteiger partial charge in [-0.05, 0) is 19.1 Å². The first kappa shape index (κ1) is 17.1. The van der Waals surface area contributed by atoms with Crippen LogP contribution in [0.15, 0.2) is 36.7 Å². The second-order valence-corrected chi connectivity index (χ2v) is 6.50. The van der Waals surface area contributed by atoms with E-state index < -0.39 is 0 Å². The number of hydrogen-bond acceptors (Lipinski definition) is 6. The minimum Gasteiger partial charge on any atom is -0.486 e. The van der Waals surface area contributed by atoms with E-state index in [9.17, 15) is 4.79 Å². The van der Waals surface area contributed by atoms with Gasteiger partial charge in [0.1, 0.15) is 12.4 Å². The molecule has 1 amide bonds. The summed E-state index contributed by atoms with van der Waals surface area (Å²) in [4.78, 5) is 21.4. The Morgan fingerprint density at radius 3 is 2.96 bits per heavy atom. The van der Waals surface area contributed by atoms with E-state index in [1.807, 2.05) is 31.2 Å². The molecule has 1 N–H and O–H groups in total. The average Bonchev–Trinajstić information content (AvgIpc) is 3.30. The molecule has 2 aromatic heterocycles. The zero-order chi connectivity index (χ0) is 18.8. The summed E-state index contributed by atoms with van der Waals surface area (Å²) in [7, 11) is 1.70. The number of carbonyl (C=O) groups excluding carboxylic acids is 1. The lowest BCUT2D eigenvalue weighted by Crippen LogP contribution is -2.33. The zero-order valence-electron chi connectivity index (χ0n) is 15.1. The van der Waals surface area contributed by atoms with E-state index in [-0.39, 0.29) is 17.7 Å². The van der Waals surface area contributed by atoms with Gasteiger partial charge in [0.05, 0.1) is 19.3 Å². The number of ether oxygens (including phenoxy) is 2. The third-order valence-electron chi connectivity index (χ3n) is 4.21. The maximum Gasteiger partial charge on any atom is 0.276 e. The summed E-state index contributed by atoms with van der Waals surface area (Å²) in [6.07, 6.45) is 3.15. The molecule has 1 aliphatic rings. The highest BCUT2D eigenvalue weighted by Gasteiger charge is 2.23. The lowest BCUT2D eigenvalue weighted by molar-refractivity contribution is 0.0752. The van der Waals surface area contributed by atoms with Crippen LogP contribution in [0.25, 0.3) is 0 Å². The van der Waals surface area contributed by atoms with Crippen LogP contribution in [0.4, 0.5) is 0 Å². The van der Waals surface area contributed by atoms with Gasteiger partial charge in [0.15, 0.2) is 23.3 Å². The van der Waals surface area contributed by atoms with E-state index in [0.29, 0.717) is 25.4 Å². The Morgan fingerprint density at radius 1 is 1.37 bits per heavy atom. The van der Waals surface area contributed by atoms with Crippen molar-refractivity contribution in [1.29, 1.82) is 0 Å². The monoisotopic (exact) mass is 368 g/mol. The van der Waals surface area contributed by atoms with Crippen molar-refractivity contribution in [3.63, 3.8) is 0 Å². The lowest BCUT2D eigenvalue weighted by atomic mass is 10.2. The Balaban J connectivity index is 1.37. The maximum atomic E-state index is 12.5. The molecule has 9 nitrogen and oxygen atoms in total. The third-order valence-corrected chi connectivity index (χ3v) is 4.21. The number of aryl methyl sites for hydroxylation is 1. The highest BCUT2D eigenvalue weighted by atomic mass is 16.6. The molecule has 1 atom stereocenters. The Labute approximate surface area is 155 Å². The molecule has 0 unspecified atom stereocenters. The van der Waals surface area contributed by atoms with Crippen LogP contribution < -0.4 is 9.47 Å². The fourth-order valence-corrected chi connectivity index (χ4v) is 2.89. The molecule has 0 bridgehead atoms. The molecule has 0 fully saturated rings. The number of aromatic amines is 1. The van der Waals surface area contributed by atoms with Crippen molar-refractivity contribution in [2.45, 2.75) is 26.1 Å². The molecule has 0 radical (unpaired) electrons. The van der Waals surface area contributed by atoms with E-state index in [1.54, 1.807) is 29.0 Å². The summed E-state index contributed by atoms with van der Waals surface area (Å²) in [5, 5.41) is 8.03. The molecule has 27 heavy (non-hydrogen) atoms. The molecule has 0 saturated carbocycles. The molecule has 3 heterocycles. The van der Waals surface area contributed by atoms with Crippen LogP contribution in [0.2, 0.25) is 0 Å². The van der Waals surface area contributed by atoms with Crippen LogP contribution >= 0.6 is 0 Å². The minimum atomic E-state index is -0.221. The number of amides is 1. The van der Waals surface area contributed by atoms with Gasteiger partial charge < -0.3 is 19.4 Å². The number of aromatic nitrogens is 5. The summed E-state index contributed by atoms with van der Waals surface area (Å²) < 4.78 is 13.2. The van der Waals surface area contributed by atoms with Gasteiger partial charge in [-0.15, -0.1) is 5.10 Å². The zero-order valence-corrected chi connectivity index (χ0v) is 15.1. The first-order chi connectivity index (χ1) is 13.1. The molecule has 140 valence electrons. The fourth-order valence-electron chi connectivity index (χ4n) is 2.89. The van der Waals surface area contributed by atoms with Gasteiger partial charge in [0.2, 0.25) is 0 Å². The lowest BCUT2D eigenvalue weighted by Gasteiger charge is -2.26. The van der Waals surface area contributed by atoms with Gasteiger partial charge in [-0.3, -0.25) is 4.79 Å². The van der Waals surface area contributed by atoms with Crippen molar-refractivity contribution in [1.82, 2.24) is 29.9 Å². The van der Waals surface area contributed by atoms with Gasteiger partial charge in [-0.2, -0.15) is 0 Å². The number of carbonyl (C=O) groups is 1. The van der Waals surface area contributed by atoms with Crippen molar-refractivity contribution in [2.75, 3.05) is 13.7 Å². The highest BCUT2D eigenvalue weighted by molar-refractivity contribution is 5.91. The number of imidazole rings is 1. The first-order valence-corrected chi connectivity index (χ1v) is 8.63. The van der Waals surface area contributed by atoms with Crippen LogP contribution in [0.3, 0.4) is 0 Å². The topological polar surface area (TPSA) is 98.2 Å². The minimum absolute atomic E-state index is 0.201. The van der Waals surface area contributed by atoms with E-state index in [2.05, 4.69) is 20.3 Å². The summed E-state index contributed by atoms with van der Waals surface area (Å²) in [6.45, 7) is 3.14. The predicted molar refractivity (Wildman–Crippen MR) is 95.5 cm³/mol. The van der Waals surface area contributed by atoms with E-state index >= 15 is 0 Å². The quantitative estimate of drug-likeness (QED) is 0.731. The number of rotatable bonds is 5. The number of nitrogens with zero attached hydrogens (tertiary/aromatic N) is 5. The maximum absolute atomic E-state index is 12.5. The summed E-state index contributed by atoms with van der Waals surface area (Å²) in [6, 6.07) is 7.53. The number of H-pyrrole nitrogens is 1. The molecule has 3 aromatic rings. The molecule has 0 aliphatic carbocycles. The molecular weight excluding hydrogens is 348 g/mol. The summed E-state index contributed by atoms with van der Waals surface area (Å²) in [5.74, 6) is 1.94. The van der Waals surface area contributed by atoms with Gasteiger partial charge in [0.25, 0.3) is 5.91 Å². The smallest absolute Gasteiger partial charge is 0.276 e. The third kappa shape index (κ3) is 3.76. The molecule has 0 spiro atoms. The van der Waals surface area contributed by atoms with Gasteiger partial charge in [-0.1, -0.05) is 17.3 Å². The second kappa shape index (κ2) is 7.10. The van der Waals surface area contributed by atoms with Crippen LogP contribution in [0, 0.1) is 6.92 Å². The Hall–Kier alpha value is -3.36. The summed E-state index contributed by atoms with van der Waals surface area (Å²) in [5.41, 5.74) is 1.23. The van der Waals surface area contributed by atoms with Crippen molar-refractivity contribution < 1.29 is 14.3 Å². The van der Waals surface area contributed by atoms with Gasteiger partial charge in [0, 0.05) is 18.9 Å². The normalized spacial score (nSPS) is 15.6. The largest absolute Gasteiger partial charge is 0.486 e. The molecule has 0 saturated heterocycles. The molecule has 4 rings (SSSR count). The van der Waals surface area contributed by atoms with Crippen LogP contribution in [-0.2, 0) is 13.1 Å². The van der Waals surface area contributed by atoms with Crippen molar-refractivity contribution in [2.24, 2.45) is 0 Å². The number of para-hydroxylation sites is 2. The van der Waals surface area contributed by atoms with Crippen molar-refractivity contribution in [3.05, 3.63) is 53.9 Å². The first-order valence-electron chi connectivity index (χ1n) is 8.63. The molecule has 1 aromatic carbocycles. The predicted octanol–water partition coefficient (Wildman–Crippen LogP) is 1.42. The molecular formula is C18H20N6O3. The van der Waals surface area contributed by atoms with E-state index in [4.69, 9.17) is 9.47 Å². The van der Waals surface area contributed by atoms with Gasteiger partial charge in [-0.25, -0.2) is 9.67 Å². The Kier molecular flexibility index (Phi) is 4.49. The van der Waals surface area contributed by atoms with Crippen LogP contribution in [-0.4, -0.2) is 55.5 Å². The van der Waals surface area contributed by atoms with E-state index in [1.165, 1.54) is 0 Å². The Morgan fingerprint density at radius 2 is 2.19 bits per heavy atom. The van der Waals surface area contributed by atoms with Gasteiger partial charge >= 0.3 is 0 Å². The number of benzene rings is 1. The van der Waals surface area contributed by atoms with Crippen LogP contribution in [0.5, 0.6) is 11.5 Å². The SMILES string of the molecule is Cc1cnc(CN(C)C(=O)c2cn(C[C@@H]3COc4ccccc4O3)nn2)[nH]1. The van der Waals surface area contributed by atoms with Crippen LogP contribution in [0.1, 0.15) is 22.0 Å². The van der Waals surface area contributed by atoms with E-state index in [0.717, 1.165) is 17.3 Å². The number of nitrogens with one attached hydrogen (secondary N) is 1. The molecule has 9 heteroatoms. The number of fused-ring (bicyclic) bond motifs is 1. The average molecular weight is 368 g/mol. The summed E-state index contributed by atoms with van der Waals surface area (Å²) >= 11 is 0. The second-order valence-electron chi connectivity index (χ2n) is 6.50. The number of hydrogen-bond donors (Lipinski definition) is 1. The van der Waals surface area contributed by atoms with Crippen molar-refractivity contribution >= 4 is 5.91 Å². The molecule has 1 aliphatic heterocycles. The Bertz CT molecular complexity index is 950. The highest BCUT2D eigenvalue weighted by Crippen LogP contribution is 2.31.